The Balaban J connectivity index is 2.74. The van der Waals surface area contributed by atoms with Crippen LogP contribution in [0.2, 0.25) is 5.02 Å². The van der Waals surface area contributed by atoms with E-state index in [-0.39, 0.29) is 12.8 Å². The lowest BCUT2D eigenvalue weighted by Gasteiger charge is -2.15. The van der Waals surface area contributed by atoms with Crippen LogP contribution in [0.25, 0.3) is 0 Å². The smallest absolute Gasteiger partial charge is 0.306 e. The monoisotopic (exact) mass is 258 g/mol. The van der Waals surface area contributed by atoms with E-state index < -0.39 is 24.6 Å². The van der Waals surface area contributed by atoms with Crippen LogP contribution in [0.5, 0.6) is 0 Å². The third-order valence-corrected chi connectivity index (χ3v) is 2.91. The molecule has 0 bridgehead atoms. The predicted molar refractivity (Wildman–Crippen MR) is 64.0 cm³/mol. The Hall–Kier alpha value is -1.10. The minimum absolute atomic E-state index is 0.0110. The average Bonchev–Trinajstić information content (AvgIpc) is 2.30. The zero-order valence-corrected chi connectivity index (χ0v) is 9.97. The van der Waals surface area contributed by atoms with Crippen molar-refractivity contribution in [3.05, 3.63) is 34.9 Å². The molecule has 17 heavy (non-hydrogen) atoms. The molecule has 94 valence electrons. The van der Waals surface area contributed by atoms with Crippen LogP contribution in [0.15, 0.2) is 24.3 Å². The number of carboxylic acid groups (broad SMARTS) is 1. The first-order valence-corrected chi connectivity index (χ1v) is 5.67. The van der Waals surface area contributed by atoms with Gasteiger partial charge in [0.2, 0.25) is 0 Å². The van der Waals surface area contributed by atoms with Gasteiger partial charge in [-0.25, -0.2) is 0 Å². The fraction of sp³-hybridized carbons (Fsp3) is 0.417. The van der Waals surface area contributed by atoms with Crippen LogP contribution in [0.1, 0.15) is 12.0 Å². The minimum atomic E-state index is -1.02. The van der Waals surface area contributed by atoms with Gasteiger partial charge in [-0.05, 0) is 24.5 Å². The number of rotatable bonds is 6. The lowest BCUT2D eigenvalue weighted by molar-refractivity contribution is -0.143. The van der Waals surface area contributed by atoms with E-state index in [2.05, 4.69) is 0 Å². The Labute approximate surface area is 104 Å². The third kappa shape index (κ3) is 4.34. The Kier molecular flexibility index (Phi) is 5.41. The molecule has 0 aliphatic rings. The molecule has 2 unspecified atom stereocenters. The first-order chi connectivity index (χ1) is 8.04. The van der Waals surface area contributed by atoms with E-state index >= 15 is 0 Å². The topological polar surface area (TPSA) is 77.8 Å². The van der Waals surface area contributed by atoms with Crippen LogP contribution < -0.4 is 0 Å². The van der Waals surface area contributed by atoms with E-state index in [0.717, 1.165) is 5.56 Å². The number of aliphatic hydroxyl groups excluding tert-OH is 2. The first kappa shape index (κ1) is 14.0. The van der Waals surface area contributed by atoms with Crippen LogP contribution >= 0.6 is 11.6 Å². The highest BCUT2D eigenvalue weighted by atomic mass is 35.5. The number of aliphatic hydroxyl groups is 2. The lowest BCUT2D eigenvalue weighted by Crippen LogP contribution is -2.24. The fourth-order valence-electron chi connectivity index (χ4n) is 1.60. The van der Waals surface area contributed by atoms with Gasteiger partial charge in [0, 0.05) is 5.02 Å². The van der Waals surface area contributed by atoms with Gasteiger partial charge in [-0.3, -0.25) is 4.79 Å². The molecule has 0 fully saturated rings. The molecule has 0 radical (unpaired) electrons. The van der Waals surface area contributed by atoms with Gasteiger partial charge < -0.3 is 15.3 Å². The van der Waals surface area contributed by atoms with Crippen LogP contribution in [-0.2, 0) is 11.2 Å². The van der Waals surface area contributed by atoms with Crippen molar-refractivity contribution in [1.29, 1.82) is 0 Å². The van der Waals surface area contributed by atoms with E-state index in [1.807, 2.05) is 0 Å². The summed E-state index contributed by atoms with van der Waals surface area (Å²) in [5.74, 6) is -1.76. The van der Waals surface area contributed by atoms with Crippen molar-refractivity contribution in [2.75, 3.05) is 6.61 Å². The van der Waals surface area contributed by atoms with E-state index in [9.17, 15) is 9.90 Å². The van der Waals surface area contributed by atoms with Crippen LogP contribution in [-0.4, -0.2) is 34.0 Å². The van der Waals surface area contributed by atoms with Crippen molar-refractivity contribution in [2.45, 2.75) is 18.9 Å². The molecule has 0 amide bonds. The molecule has 5 heteroatoms. The maximum absolute atomic E-state index is 11.0. The van der Waals surface area contributed by atoms with E-state index in [1.54, 1.807) is 24.3 Å². The maximum Gasteiger partial charge on any atom is 0.306 e. The molecule has 3 N–H and O–H groups in total. The van der Waals surface area contributed by atoms with Crippen molar-refractivity contribution in [3.8, 4) is 0 Å². The molecule has 1 rings (SSSR count). The summed E-state index contributed by atoms with van der Waals surface area (Å²) in [5, 5.41) is 27.5. The van der Waals surface area contributed by atoms with Crippen LogP contribution in [0, 0.1) is 5.92 Å². The van der Waals surface area contributed by atoms with Crippen molar-refractivity contribution >= 4 is 17.6 Å². The minimum Gasteiger partial charge on any atom is -0.481 e. The number of halogens is 1. The summed E-state index contributed by atoms with van der Waals surface area (Å²) in [5.41, 5.74) is 0.728. The number of hydrogen-bond donors (Lipinski definition) is 3. The van der Waals surface area contributed by atoms with Gasteiger partial charge in [0.25, 0.3) is 0 Å². The van der Waals surface area contributed by atoms with Gasteiger partial charge in [-0.2, -0.15) is 0 Å². The second-order valence-corrected chi connectivity index (χ2v) is 4.31. The maximum atomic E-state index is 11.0. The average molecular weight is 259 g/mol. The Bertz CT molecular complexity index is 381. The third-order valence-electron chi connectivity index (χ3n) is 2.54. The van der Waals surface area contributed by atoms with Crippen molar-refractivity contribution in [2.24, 2.45) is 5.92 Å². The first-order valence-electron chi connectivity index (χ1n) is 5.29. The highest BCUT2D eigenvalue weighted by Crippen LogP contribution is 2.21. The largest absolute Gasteiger partial charge is 0.481 e. The fourth-order valence-corrected chi connectivity index (χ4v) is 1.82. The van der Waals surface area contributed by atoms with Crippen molar-refractivity contribution in [1.82, 2.24) is 0 Å². The molecule has 0 spiro atoms. The number of carbonyl (C=O) groups is 1. The molecule has 4 nitrogen and oxygen atoms in total. The summed E-state index contributed by atoms with van der Waals surface area (Å²) in [4.78, 5) is 11.0. The van der Waals surface area contributed by atoms with E-state index in [4.69, 9.17) is 21.8 Å². The summed E-state index contributed by atoms with van der Waals surface area (Å²) in [6.07, 6.45) is -0.762. The number of aliphatic carboxylic acids is 1. The zero-order valence-electron chi connectivity index (χ0n) is 9.21. The molecule has 0 saturated heterocycles. The van der Waals surface area contributed by atoms with Gasteiger partial charge >= 0.3 is 5.97 Å². The molecule has 1 aromatic rings. The molecule has 2 atom stereocenters. The molecule has 0 aromatic heterocycles. The van der Waals surface area contributed by atoms with Gasteiger partial charge in [0.1, 0.15) is 0 Å². The molecule has 0 aliphatic carbocycles. The number of carboxylic acids is 1. The quantitative estimate of drug-likeness (QED) is 0.719. The molecular formula is C12H15ClO4. The normalized spacial score (nSPS) is 14.3. The highest BCUT2D eigenvalue weighted by Gasteiger charge is 2.22. The predicted octanol–water partition coefficient (Wildman–Crippen LogP) is 1.33. The second kappa shape index (κ2) is 6.59. The zero-order chi connectivity index (χ0) is 12.8. The van der Waals surface area contributed by atoms with Gasteiger partial charge in [-0.1, -0.05) is 29.8 Å². The van der Waals surface area contributed by atoms with E-state index in [1.165, 1.54) is 0 Å². The molecule has 0 saturated carbocycles. The van der Waals surface area contributed by atoms with Gasteiger partial charge in [-0.15, -0.1) is 0 Å². The summed E-state index contributed by atoms with van der Waals surface area (Å²) >= 11 is 5.94. The second-order valence-electron chi connectivity index (χ2n) is 3.90. The molecule has 0 aliphatic heterocycles. The lowest BCUT2D eigenvalue weighted by atomic mass is 9.94. The molecule has 0 heterocycles. The number of hydrogen-bond acceptors (Lipinski definition) is 3. The highest BCUT2D eigenvalue weighted by molar-refractivity contribution is 6.31. The van der Waals surface area contributed by atoms with Gasteiger partial charge in [0.15, 0.2) is 0 Å². The van der Waals surface area contributed by atoms with Crippen molar-refractivity contribution in [3.63, 3.8) is 0 Å². The number of benzene rings is 1. The molecular weight excluding hydrogens is 244 g/mol. The summed E-state index contributed by atoms with van der Waals surface area (Å²) in [7, 11) is 0. The van der Waals surface area contributed by atoms with Crippen LogP contribution in [0.3, 0.4) is 0 Å². The van der Waals surface area contributed by atoms with Crippen molar-refractivity contribution < 1.29 is 20.1 Å². The summed E-state index contributed by atoms with van der Waals surface area (Å²) < 4.78 is 0. The summed E-state index contributed by atoms with van der Waals surface area (Å²) in [6, 6.07) is 6.99. The van der Waals surface area contributed by atoms with Gasteiger partial charge in [0.05, 0.1) is 18.6 Å². The Morgan fingerprint density at radius 1 is 1.35 bits per heavy atom. The Morgan fingerprint density at radius 2 is 2.00 bits per heavy atom. The van der Waals surface area contributed by atoms with E-state index in [0.29, 0.717) is 5.02 Å². The van der Waals surface area contributed by atoms with Crippen LogP contribution in [0.4, 0.5) is 0 Å². The standard InChI is InChI=1S/C12H15ClO4/c13-11-4-2-1-3-8(11)5-9(12(16)17)6-10(15)7-14/h1-4,9-10,14-15H,5-7H2,(H,16,17). The Morgan fingerprint density at radius 3 is 2.53 bits per heavy atom. The molecule has 1 aromatic carbocycles. The SMILES string of the molecule is O=C(O)C(Cc1ccccc1Cl)CC(O)CO. The summed E-state index contributed by atoms with van der Waals surface area (Å²) in [6.45, 7) is -0.438.